The van der Waals surface area contributed by atoms with E-state index in [1.54, 1.807) is 0 Å². The lowest BCUT2D eigenvalue weighted by Gasteiger charge is -2.19. The first-order chi connectivity index (χ1) is 7.22. The third-order valence-corrected chi connectivity index (χ3v) is 2.39. The highest BCUT2D eigenvalue weighted by Gasteiger charge is 2.06. The molecule has 0 fully saturated rings. The van der Waals surface area contributed by atoms with Crippen LogP contribution < -0.4 is 5.32 Å². The molecule has 0 aliphatic carbocycles. The van der Waals surface area contributed by atoms with E-state index in [1.165, 1.54) is 0 Å². The summed E-state index contributed by atoms with van der Waals surface area (Å²) in [7, 11) is 0. The van der Waals surface area contributed by atoms with E-state index in [1.807, 2.05) is 29.2 Å². The fourth-order valence-electron chi connectivity index (χ4n) is 1.68. The number of hydrogen-bond acceptors (Lipinski definition) is 2. The number of allylic oxidation sites excluding steroid dienone is 1. The molecule has 84 valence electrons. The Kier molecular flexibility index (Phi) is 5.12. The molecule has 0 amide bonds. The normalized spacial score (nSPS) is 14.8. The van der Waals surface area contributed by atoms with Crippen molar-refractivity contribution in [1.29, 1.82) is 0 Å². The summed E-state index contributed by atoms with van der Waals surface area (Å²) in [6.07, 6.45) is 7.99. The first-order valence-corrected chi connectivity index (χ1v) is 5.56. The molecular formula is C12H21N3. The number of nitrogens with zero attached hydrogens (tertiary/aromatic N) is 2. The number of aromatic nitrogens is 2. The molecule has 1 N–H and O–H groups in total. The van der Waals surface area contributed by atoms with Crippen LogP contribution in [0.15, 0.2) is 31.1 Å². The van der Waals surface area contributed by atoms with Gasteiger partial charge in [0.1, 0.15) is 0 Å². The molecular weight excluding hydrogens is 186 g/mol. The lowest BCUT2D eigenvalue weighted by Crippen LogP contribution is -2.37. The van der Waals surface area contributed by atoms with E-state index in [-0.39, 0.29) is 0 Å². The average Bonchev–Trinajstić information content (AvgIpc) is 2.67. The minimum absolute atomic E-state index is 0.449. The van der Waals surface area contributed by atoms with E-state index in [9.17, 15) is 0 Å². The van der Waals surface area contributed by atoms with Crippen molar-refractivity contribution in [2.24, 2.45) is 0 Å². The van der Waals surface area contributed by atoms with Crippen molar-refractivity contribution in [2.45, 2.75) is 45.3 Å². The summed E-state index contributed by atoms with van der Waals surface area (Å²) in [6, 6.07) is 2.94. The molecule has 0 radical (unpaired) electrons. The molecule has 0 aliphatic heterocycles. The summed E-state index contributed by atoms with van der Waals surface area (Å²) in [5, 5.41) is 7.73. The highest BCUT2D eigenvalue weighted by atomic mass is 15.3. The maximum Gasteiger partial charge on any atom is 0.0560 e. The maximum atomic E-state index is 4.19. The molecule has 3 heteroatoms. The SMILES string of the molecule is C=CCCC(C)NC(C)Cn1cccn1. The molecule has 1 heterocycles. The van der Waals surface area contributed by atoms with Gasteiger partial charge in [-0.25, -0.2) is 0 Å². The van der Waals surface area contributed by atoms with Crippen molar-refractivity contribution in [2.75, 3.05) is 0 Å². The van der Waals surface area contributed by atoms with E-state index in [2.05, 4.69) is 30.8 Å². The van der Waals surface area contributed by atoms with Gasteiger partial charge in [0, 0.05) is 24.5 Å². The fraction of sp³-hybridized carbons (Fsp3) is 0.583. The molecule has 0 aliphatic rings. The predicted octanol–water partition coefficient (Wildman–Crippen LogP) is 2.22. The van der Waals surface area contributed by atoms with Gasteiger partial charge in [-0.1, -0.05) is 6.08 Å². The van der Waals surface area contributed by atoms with Crippen molar-refractivity contribution in [1.82, 2.24) is 15.1 Å². The molecule has 0 bridgehead atoms. The van der Waals surface area contributed by atoms with E-state index >= 15 is 0 Å². The molecule has 0 aromatic carbocycles. The molecule has 15 heavy (non-hydrogen) atoms. The van der Waals surface area contributed by atoms with Crippen molar-refractivity contribution in [3.05, 3.63) is 31.1 Å². The second kappa shape index (κ2) is 6.40. The molecule has 3 nitrogen and oxygen atoms in total. The van der Waals surface area contributed by atoms with E-state index in [0.717, 1.165) is 19.4 Å². The standard InChI is InChI=1S/C12H21N3/c1-4-5-7-11(2)14-12(3)10-15-9-6-8-13-15/h4,6,8-9,11-12,14H,1,5,7,10H2,2-3H3. The van der Waals surface area contributed by atoms with Crippen LogP contribution in [0, 0.1) is 0 Å². The second-order valence-electron chi connectivity index (χ2n) is 4.06. The van der Waals surface area contributed by atoms with Crippen LogP contribution in [0.1, 0.15) is 26.7 Å². The molecule has 0 saturated carbocycles. The smallest absolute Gasteiger partial charge is 0.0560 e. The summed E-state index contributed by atoms with van der Waals surface area (Å²) < 4.78 is 1.96. The zero-order valence-electron chi connectivity index (χ0n) is 9.69. The summed E-state index contributed by atoms with van der Waals surface area (Å²) >= 11 is 0. The van der Waals surface area contributed by atoms with Crippen LogP contribution in [-0.2, 0) is 6.54 Å². The van der Waals surface area contributed by atoms with Crippen LogP contribution >= 0.6 is 0 Å². The Balaban J connectivity index is 2.23. The van der Waals surface area contributed by atoms with Gasteiger partial charge >= 0.3 is 0 Å². The van der Waals surface area contributed by atoms with Gasteiger partial charge in [0.05, 0.1) is 6.54 Å². The third kappa shape index (κ3) is 4.79. The number of rotatable bonds is 7. The summed E-state index contributed by atoms with van der Waals surface area (Å²) in [5.41, 5.74) is 0. The molecule has 1 rings (SSSR count). The van der Waals surface area contributed by atoms with Crippen molar-refractivity contribution in [3.8, 4) is 0 Å². The fourth-order valence-corrected chi connectivity index (χ4v) is 1.68. The summed E-state index contributed by atoms with van der Waals surface area (Å²) in [6.45, 7) is 9.05. The Hall–Kier alpha value is -1.09. The highest BCUT2D eigenvalue weighted by molar-refractivity contribution is 4.80. The minimum Gasteiger partial charge on any atom is -0.310 e. The topological polar surface area (TPSA) is 29.9 Å². The average molecular weight is 207 g/mol. The van der Waals surface area contributed by atoms with Gasteiger partial charge < -0.3 is 5.32 Å². The largest absolute Gasteiger partial charge is 0.310 e. The van der Waals surface area contributed by atoms with Gasteiger partial charge in [0.25, 0.3) is 0 Å². The monoisotopic (exact) mass is 207 g/mol. The van der Waals surface area contributed by atoms with Crippen LogP contribution in [0.2, 0.25) is 0 Å². The Morgan fingerprint density at radius 2 is 2.27 bits per heavy atom. The van der Waals surface area contributed by atoms with Crippen LogP contribution in [0.25, 0.3) is 0 Å². The first kappa shape index (κ1) is 12.0. The van der Waals surface area contributed by atoms with Crippen LogP contribution in [0.5, 0.6) is 0 Å². The molecule has 1 aromatic heterocycles. The Morgan fingerprint density at radius 1 is 1.47 bits per heavy atom. The highest BCUT2D eigenvalue weighted by Crippen LogP contribution is 1.99. The van der Waals surface area contributed by atoms with E-state index in [4.69, 9.17) is 0 Å². The van der Waals surface area contributed by atoms with Gasteiger partial charge in [-0.15, -0.1) is 6.58 Å². The Morgan fingerprint density at radius 3 is 2.87 bits per heavy atom. The van der Waals surface area contributed by atoms with Gasteiger partial charge in [-0.3, -0.25) is 4.68 Å². The second-order valence-corrected chi connectivity index (χ2v) is 4.06. The predicted molar refractivity (Wildman–Crippen MR) is 63.7 cm³/mol. The quantitative estimate of drug-likeness (QED) is 0.695. The number of nitrogens with one attached hydrogen (secondary N) is 1. The van der Waals surface area contributed by atoms with Gasteiger partial charge in [0.2, 0.25) is 0 Å². The summed E-state index contributed by atoms with van der Waals surface area (Å²) in [5.74, 6) is 0. The van der Waals surface area contributed by atoms with Gasteiger partial charge in [-0.2, -0.15) is 5.10 Å². The Labute approximate surface area is 92.2 Å². The zero-order valence-corrected chi connectivity index (χ0v) is 9.69. The maximum absolute atomic E-state index is 4.19. The third-order valence-electron chi connectivity index (χ3n) is 2.39. The van der Waals surface area contributed by atoms with Crippen molar-refractivity contribution < 1.29 is 0 Å². The molecule has 0 saturated heterocycles. The van der Waals surface area contributed by atoms with E-state index in [0.29, 0.717) is 12.1 Å². The number of hydrogen-bond donors (Lipinski definition) is 1. The summed E-state index contributed by atoms with van der Waals surface area (Å²) in [4.78, 5) is 0. The molecule has 0 spiro atoms. The lowest BCUT2D eigenvalue weighted by molar-refractivity contribution is 0.396. The van der Waals surface area contributed by atoms with E-state index < -0.39 is 0 Å². The molecule has 2 atom stereocenters. The van der Waals surface area contributed by atoms with Gasteiger partial charge in [-0.05, 0) is 32.8 Å². The Bertz CT molecular complexity index is 266. The first-order valence-electron chi connectivity index (χ1n) is 5.56. The molecule has 1 aromatic rings. The lowest BCUT2D eigenvalue weighted by atomic mass is 10.1. The minimum atomic E-state index is 0.449. The van der Waals surface area contributed by atoms with Crippen LogP contribution in [0.4, 0.5) is 0 Å². The van der Waals surface area contributed by atoms with Crippen LogP contribution in [-0.4, -0.2) is 21.9 Å². The molecule has 2 unspecified atom stereocenters. The zero-order chi connectivity index (χ0) is 11.1. The van der Waals surface area contributed by atoms with Crippen molar-refractivity contribution in [3.63, 3.8) is 0 Å². The van der Waals surface area contributed by atoms with Crippen molar-refractivity contribution >= 4 is 0 Å². The van der Waals surface area contributed by atoms with Gasteiger partial charge in [0.15, 0.2) is 0 Å². The van der Waals surface area contributed by atoms with Crippen LogP contribution in [0.3, 0.4) is 0 Å².